The molecule has 2 spiro atoms. The second-order valence-electron chi connectivity index (χ2n) is 23.5. The molecule has 68 heavy (non-hydrogen) atoms. The molecular formula is C60H92O8. The van der Waals surface area contributed by atoms with Crippen molar-refractivity contribution in [3.05, 3.63) is 95.2 Å². The van der Waals surface area contributed by atoms with Crippen LogP contribution in [0.1, 0.15) is 171 Å². The van der Waals surface area contributed by atoms with Crippen molar-refractivity contribution < 1.29 is 40.1 Å². The first-order chi connectivity index (χ1) is 32.3. The Morgan fingerprint density at radius 3 is 1.19 bits per heavy atom. The van der Waals surface area contributed by atoms with Gasteiger partial charge in [0.15, 0.2) is 0 Å². The van der Waals surface area contributed by atoms with E-state index < -0.39 is 46.8 Å². The number of allylic oxidation sites excluding steroid dienone is 12. The molecule has 0 radical (unpaired) electrons. The Hall–Kier alpha value is -2.40. The Bertz CT molecular complexity index is 1800. The van der Waals surface area contributed by atoms with Gasteiger partial charge in [0.05, 0.1) is 48.8 Å². The Balaban J connectivity index is 0.000000201. The predicted octanol–water partition coefficient (Wildman–Crippen LogP) is 11.3. The second kappa shape index (κ2) is 21.8. The van der Waals surface area contributed by atoms with Crippen molar-refractivity contribution >= 4 is 0 Å². The lowest BCUT2D eigenvalue weighted by Crippen LogP contribution is -2.45. The first-order valence-electron chi connectivity index (χ1n) is 27.3. The molecule has 0 aromatic heterocycles. The highest BCUT2D eigenvalue weighted by Gasteiger charge is 2.60. The largest absolute Gasteiger partial charge is 0.390 e. The Morgan fingerprint density at radius 2 is 0.882 bits per heavy atom. The van der Waals surface area contributed by atoms with Gasteiger partial charge in [-0.2, -0.15) is 0 Å². The van der Waals surface area contributed by atoms with Crippen molar-refractivity contribution in [3.8, 4) is 0 Å². The van der Waals surface area contributed by atoms with Crippen LogP contribution < -0.4 is 0 Å². The number of fused-ring (bicyclic) bond motifs is 2. The fourth-order valence-corrected chi connectivity index (χ4v) is 14.4. The normalized spacial score (nSPS) is 40.4. The third kappa shape index (κ3) is 11.1. The van der Waals surface area contributed by atoms with Gasteiger partial charge in [-0.1, -0.05) is 151 Å². The van der Waals surface area contributed by atoms with Crippen LogP contribution in [-0.4, -0.2) is 90.7 Å². The number of aliphatic hydroxyl groups is 6. The molecule has 0 bridgehead atoms. The first kappa shape index (κ1) is 53.4. The molecule has 6 unspecified atom stereocenters. The van der Waals surface area contributed by atoms with E-state index in [4.69, 9.17) is 9.47 Å². The summed E-state index contributed by atoms with van der Waals surface area (Å²) in [5.74, 6) is 3.59. The van der Waals surface area contributed by atoms with E-state index >= 15 is 0 Å². The molecule has 6 aliphatic carbocycles. The molecular weight excluding hydrogens is 849 g/mol. The van der Waals surface area contributed by atoms with Gasteiger partial charge in [0, 0.05) is 0 Å². The maximum absolute atomic E-state index is 10.5. The minimum atomic E-state index is -0.688. The van der Waals surface area contributed by atoms with Crippen LogP contribution in [-0.2, 0) is 9.47 Å². The zero-order valence-electron chi connectivity index (χ0n) is 43.3. The van der Waals surface area contributed by atoms with Crippen molar-refractivity contribution in [2.24, 2.45) is 46.3 Å². The fourth-order valence-electron chi connectivity index (χ4n) is 14.4. The van der Waals surface area contributed by atoms with Gasteiger partial charge >= 0.3 is 0 Å². The summed E-state index contributed by atoms with van der Waals surface area (Å²) < 4.78 is 10.8. The molecule has 380 valence electrons. The van der Waals surface area contributed by atoms with Gasteiger partial charge < -0.3 is 40.1 Å². The Kier molecular flexibility index (Phi) is 17.1. The molecule has 6 saturated carbocycles. The smallest absolute Gasteiger partial charge is 0.144 e. The summed E-state index contributed by atoms with van der Waals surface area (Å²) >= 11 is 0. The highest BCUT2D eigenvalue weighted by atomic mass is 16.6. The minimum absolute atomic E-state index is 0.321. The average molecular weight is 941 g/mol. The van der Waals surface area contributed by atoms with Crippen molar-refractivity contribution in [3.63, 3.8) is 0 Å². The van der Waals surface area contributed by atoms with Crippen LogP contribution in [0.15, 0.2) is 95.2 Å². The van der Waals surface area contributed by atoms with Gasteiger partial charge in [-0.3, -0.25) is 0 Å². The highest BCUT2D eigenvalue weighted by molar-refractivity contribution is 5.31. The molecule has 8 heteroatoms. The van der Waals surface area contributed by atoms with Crippen LogP contribution in [0.25, 0.3) is 0 Å². The summed E-state index contributed by atoms with van der Waals surface area (Å²) in [6, 6.07) is 0. The maximum atomic E-state index is 10.5. The number of ether oxygens (including phenoxy) is 2. The standard InChI is InChI=1S/2C30H46O4/c2*1-5-29(33,6-2)17-8-7-10-21(3)24-14-15-25-23(11-9-16-28(24,25)4)13-12-22-18-26(31)30(20-34-30)27(32)19-22/h2*7-8,10,12-13,17,21,24-27,31-33H,5-6,9,11,14-16,18-20H2,1-4H3/b2*10-7+,17-8+,22-12?,23-13+/t2*21-,24?,25?,26-,27-,28?,30?/m11/s1. The first-order valence-corrected chi connectivity index (χ1v) is 27.3. The van der Waals surface area contributed by atoms with E-state index in [9.17, 15) is 30.6 Å². The lowest BCUT2D eigenvalue weighted by molar-refractivity contribution is -0.0294. The molecule has 0 aromatic carbocycles. The van der Waals surface area contributed by atoms with Gasteiger partial charge in [0.2, 0.25) is 0 Å². The van der Waals surface area contributed by atoms with E-state index in [-0.39, 0.29) is 0 Å². The van der Waals surface area contributed by atoms with Crippen molar-refractivity contribution in [2.45, 2.75) is 218 Å². The monoisotopic (exact) mass is 941 g/mol. The van der Waals surface area contributed by atoms with E-state index in [0.29, 0.717) is 85.2 Å². The summed E-state index contributed by atoms with van der Waals surface area (Å²) in [6.45, 7) is 18.8. The van der Waals surface area contributed by atoms with Gasteiger partial charge in [0.25, 0.3) is 0 Å². The Morgan fingerprint density at radius 1 is 0.544 bits per heavy atom. The number of rotatable bonds is 14. The quantitative estimate of drug-likeness (QED) is 0.0746. The van der Waals surface area contributed by atoms with Crippen LogP contribution >= 0.6 is 0 Å². The molecule has 0 aromatic rings. The molecule has 2 aliphatic heterocycles. The SMILES string of the molecule is CCC(O)(/C=C/C=C/[C@@H](C)C1CCC2/C(=C/C=C3C[C@@H](O)C4(CO4)[C@H](O)C3)CCCC21C)CC.CCC(O)(/C=C/C=C/[C@@H](C)C1CCC2/C(=C/C=C3C[C@@H](O)C4(CO4)[C@H](O)C3)CCCC21C)CC. The summed E-state index contributed by atoms with van der Waals surface area (Å²) in [6.07, 6.45) is 41.3. The summed E-state index contributed by atoms with van der Waals surface area (Å²) in [5, 5.41) is 62.7. The van der Waals surface area contributed by atoms with Gasteiger partial charge in [-0.25, -0.2) is 0 Å². The highest BCUT2D eigenvalue weighted by Crippen LogP contribution is 2.61. The predicted molar refractivity (Wildman–Crippen MR) is 274 cm³/mol. The second-order valence-corrected chi connectivity index (χ2v) is 23.5. The Labute approximate surface area is 411 Å². The zero-order valence-corrected chi connectivity index (χ0v) is 43.3. The van der Waals surface area contributed by atoms with Crippen molar-refractivity contribution in [1.29, 1.82) is 0 Å². The third-order valence-corrected chi connectivity index (χ3v) is 19.8. The average Bonchev–Trinajstić information content (AvgIpc) is 4.25. The number of epoxide rings is 2. The topological polar surface area (TPSA) is 146 Å². The van der Waals surface area contributed by atoms with E-state index in [1.54, 1.807) is 11.1 Å². The molecule has 8 rings (SSSR count). The van der Waals surface area contributed by atoms with E-state index in [2.05, 4.69) is 76.3 Å². The third-order valence-electron chi connectivity index (χ3n) is 19.8. The van der Waals surface area contributed by atoms with Crippen molar-refractivity contribution in [1.82, 2.24) is 0 Å². The van der Waals surface area contributed by atoms with Crippen LogP contribution in [0.2, 0.25) is 0 Å². The minimum Gasteiger partial charge on any atom is -0.390 e. The fraction of sp³-hybridized carbons (Fsp3) is 0.733. The van der Waals surface area contributed by atoms with Crippen LogP contribution in [0.4, 0.5) is 0 Å². The van der Waals surface area contributed by atoms with Crippen LogP contribution in [0, 0.1) is 46.3 Å². The molecule has 0 amide bonds. The van der Waals surface area contributed by atoms with Crippen molar-refractivity contribution in [2.75, 3.05) is 13.2 Å². The molecule has 8 aliphatic rings. The molecule has 2 heterocycles. The van der Waals surface area contributed by atoms with Gasteiger partial charge in [-0.15, -0.1) is 0 Å². The zero-order chi connectivity index (χ0) is 49.1. The molecule has 8 fully saturated rings. The van der Waals surface area contributed by atoms with Crippen LogP contribution in [0.3, 0.4) is 0 Å². The van der Waals surface area contributed by atoms with E-state index in [1.807, 2.05) is 52.0 Å². The summed E-state index contributed by atoms with van der Waals surface area (Å²) in [4.78, 5) is 0. The van der Waals surface area contributed by atoms with Gasteiger partial charge in [-0.05, 0) is 162 Å². The molecule has 8 nitrogen and oxygen atoms in total. The van der Waals surface area contributed by atoms with E-state index in [0.717, 1.165) is 49.7 Å². The number of hydrogen-bond acceptors (Lipinski definition) is 8. The maximum Gasteiger partial charge on any atom is 0.144 e. The van der Waals surface area contributed by atoms with E-state index in [1.165, 1.54) is 51.4 Å². The number of hydrogen-bond donors (Lipinski definition) is 6. The number of aliphatic hydroxyl groups excluding tert-OH is 4. The summed E-state index contributed by atoms with van der Waals surface area (Å²) in [5.41, 5.74) is 3.29. The molecule has 12 atom stereocenters. The molecule has 6 N–H and O–H groups in total. The summed E-state index contributed by atoms with van der Waals surface area (Å²) in [7, 11) is 0. The van der Waals surface area contributed by atoms with Crippen LogP contribution in [0.5, 0.6) is 0 Å². The molecule has 2 saturated heterocycles. The van der Waals surface area contributed by atoms with Gasteiger partial charge in [0.1, 0.15) is 11.2 Å². The lowest BCUT2D eigenvalue weighted by atomic mass is 9.61. The lowest BCUT2D eigenvalue weighted by Gasteiger charge is -2.44.